The van der Waals surface area contributed by atoms with Gasteiger partial charge in [0.2, 0.25) is 0 Å². The highest BCUT2D eigenvalue weighted by Gasteiger charge is 2.26. The quantitative estimate of drug-likeness (QED) is 0.611. The maximum absolute atomic E-state index is 6.76. The minimum absolute atomic E-state index is 0.128. The van der Waals surface area contributed by atoms with Crippen LogP contribution in [0.15, 0.2) is 48.5 Å². The number of piperidine rings is 1. The summed E-state index contributed by atoms with van der Waals surface area (Å²) < 4.78 is 13.5. The molecule has 1 unspecified atom stereocenters. The minimum atomic E-state index is -0.128. The first-order valence-electron chi connectivity index (χ1n) is 10.9. The molecule has 2 fully saturated rings. The lowest BCUT2D eigenvalue weighted by Gasteiger charge is -2.32. The first-order valence-corrected chi connectivity index (χ1v) is 11.7. The zero-order valence-electron chi connectivity index (χ0n) is 17.5. The number of anilines is 1. The van der Waals surface area contributed by atoms with E-state index in [9.17, 15) is 0 Å². The fourth-order valence-electron chi connectivity index (χ4n) is 4.30. The van der Waals surface area contributed by atoms with E-state index in [0.717, 1.165) is 62.8 Å². The van der Waals surface area contributed by atoms with Gasteiger partial charge in [0, 0.05) is 31.9 Å². The zero-order valence-corrected chi connectivity index (χ0v) is 18.3. The van der Waals surface area contributed by atoms with Crippen molar-refractivity contribution in [2.24, 2.45) is 0 Å². The third-order valence-corrected chi connectivity index (χ3v) is 7.16. The van der Waals surface area contributed by atoms with Crippen molar-refractivity contribution in [1.29, 1.82) is 0 Å². The molecule has 2 aromatic carbocycles. The van der Waals surface area contributed by atoms with Gasteiger partial charge in [-0.05, 0) is 49.7 Å². The summed E-state index contributed by atoms with van der Waals surface area (Å²) in [5.41, 5.74) is 3.49. The van der Waals surface area contributed by atoms with Crippen molar-refractivity contribution in [3.63, 3.8) is 0 Å². The van der Waals surface area contributed by atoms with E-state index < -0.39 is 0 Å². The lowest BCUT2D eigenvalue weighted by atomic mass is 10.1. The van der Waals surface area contributed by atoms with Gasteiger partial charge in [-0.3, -0.25) is 0 Å². The van der Waals surface area contributed by atoms with Crippen LogP contribution in [0.5, 0.6) is 0 Å². The molecule has 158 valence electrons. The van der Waals surface area contributed by atoms with Crippen LogP contribution in [0, 0.1) is 0 Å². The number of likely N-dealkylation sites (tertiary alicyclic amines) is 1. The molecule has 0 radical (unpaired) electrons. The van der Waals surface area contributed by atoms with Gasteiger partial charge in [-0.1, -0.05) is 24.3 Å². The van der Waals surface area contributed by atoms with E-state index in [-0.39, 0.29) is 12.2 Å². The largest absolute Gasteiger partial charge is 0.378 e. The van der Waals surface area contributed by atoms with Crippen LogP contribution in [0.25, 0.3) is 10.2 Å². The predicted octanol–water partition coefficient (Wildman–Crippen LogP) is 4.33. The summed E-state index contributed by atoms with van der Waals surface area (Å²) in [6.45, 7) is 5.63. The van der Waals surface area contributed by atoms with Gasteiger partial charge in [0.15, 0.2) is 0 Å². The Labute approximate surface area is 182 Å². The number of thiazole rings is 1. The minimum Gasteiger partial charge on any atom is -0.378 e. The molecule has 0 amide bonds. The van der Waals surface area contributed by atoms with E-state index in [1.807, 2.05) is 0 Å². The van der Waals surface area contributed by atoms with Crippen LogP contribution in [0.3, 0.4) is 0 Å². The van der Waals surface area contributed by atoms with Crippen molar-refractivity contribution in [3.8, 4) is 0 Å². The lowest BCUT2D eigenvalue weighted by molar-refractivity contribution is -0.0234. The van der Waals surface area contributed by atoms with Crippen LogP contribution in [0.2, 0.25) is 0 Å². The first-order chi connectivity index (χ1) is 14.8. The number of morpholine rings is 1. The van der Waals surface area contributed by atoms with E-state index in [0.29, 0.717) is 0 Å². The SMILES string of the molecule is CN1CCC(OC(c2cccc(N3CCOCC3)c2)c2nc3ccccc3s2)CC1. The maximum Gasteiger partial charge on any atom is 0.134 e. The molecule has 0 N–H and O–H groups in total. The molecule has 5 rings (SSSR count). The van der Waals surface area contributed by atoms with Crippen LogP contribution in [-0.4, -0.2) is 62.4 Å². The zero-order chi connectivity index (χ0) is 20.3. The Balaban J connectivity index is 1.47. The number of hydrogen-bond acceptors (Lipinski definition) is 6. The Kier molecular flexibility index (Phi) is 6.00. The normalized spacial score (nSPS) is 20.0. The van der Waals surface area contributed by atoms with Crippen molar-refractivity contribution in [2.45, 2.75) is 25.0 Å². The van der Waals surface area contributed by atoms with Gasteiger partial charge in [0.05, 0.1) is 29.5 Å². The van der Waals surface area contributed by atoms with Gasteiger partial charge in [-0.15, -0.1) is 11.3 Å². The molecule has 2 aliphatic rings. The van der Waals surface area contributed by atoms with Crippen LogP contribution in [-0.2, 0) is 9.47 Å². The van der Waals surface area contributed by atoms with Crippen molar-refractivity contribution in [3.05, 3.63) is 59.1 Å². The summed E-state index contributed by atoms with van der Waals surface area (Å²) in [5.74, 6) is 0. The monoisotopic (exact) mass is 423 g/mol. The second kappa shape index (κ2) is 9.02. The van der Waals surface area contributed by atoms with Crippen molar-refractivity contribution in [2.75, 3.05) is 51.3 Å². The third kappa shape index (κ3) is 4.37. The summed E-state index contributed by atoms with van der Waals surface area (Å²) in [4.78, 5) is 9.74. The summed E-state index contributed by atoms with van der Waals surface area (Å²) in [6, 6.07) is 17.2. The van der Waals surface area contributed by atoms with Crippen molar-refractivity contribution >= 4 is 27.2 Å². The van der Waals surface area contributed by atoms with Crippen LogP contribution in [0.4, 0.5) is 5.69 Å². The van der Waals surface area contributed by atoms with E-state index in [4.69, 9.17) is 14.5 Å². The standard InChI is InChI=1S/C24H29N3O2S/c1-26-11-9-20(10-12-26)29-23(24-25-21-7-2-3-8-22(21)30-24)18-5-4-6-19(17-18)27-13-15-28-16-14-27/h2-8,17,20,23H,9-16H2,1H3. The molecule has 0 spiro atoms. The third-order valence-electron chi connectivity index (χ3n) is 6.08. The van der Waals surface area contributed by atoms with E-state index in [1.54, 1.807) is 11.3 Å². The van der Waals surface area contributed by atoms with Crippen molar-refractivity contribution < 1.29 is 9.47 Å². The highest BCUT2D eigenvalue weighted by molar-refractivity contribution is 7.18. The van der Waals surface area contributed by atoms with Gasteiger partial charge < -0.3 is 19.3 Å². The molecule has 0 aliphatic carbocycles. The molecular weight excluding hydrogens is 394 g/mol. The summed E-state index contributed by atoms with van der Waals surface area (Å²) in [5, 5.41) is 1.05. The smallest absolute Gasteiger partial charge is 0.134 e. The first kappa shape index (κ1) is 19.9. The highest BCUT2D eigenvalue weighted by Crippen LogP contribution is 2.36. The number of para-hydroxylation sites is 1. The summed E-state index contributed by atoms with van der Waals surface area (Å²) >= 11 is 1.75. The van der Waals surface area contributed by atoms with Crippen LogP contribution in [0.1, 0.15) is 29.5 Å². The van der Waals surface area contributed by atoms with E-state index in [1.165, 1.54) is 16.0 Å². The molecule has 3 heterocycles. The second-order valence-corrected chi connectivity index (χ2v) is 9.30. The maximum atomic E-state index is 6.76. The Morgan fingerprint density at radius 3 is 2.63 bits per heavy atom. The van der Waals surface area contributed by atoms with Crippen LogP contribution >= 0.6 is 11.3 Å². The fourth-order valence-corrected chi connectivity index (χ4v) is 5.33. The van der Waals surface area contributed by atoms with Gasteiger partial charge in [0.25, 0.3) is 0 Å². The molecule has 30 heavy (non-hydrogen) atoms. The Bertz CT molecular complexity index is 944. The molecule has 0 saturated carbocycles. The predicted molar refractivity (Wildman–Crippen MR) is 123 cm³/mol. The van der Waals surface area contributed by atoms with E-state index >= 15 is 0 Å². The Morgan fingerprint density at radius 1 is 1.03 bits per heavy atom. The molecule has 1 aromatic heterocycles. The van der Waals surface area contributed by atoms with Crippen LogP contribution < -0.4 is 4.90 Å². The number of aromatic nitrogens is 1. The average Bonchev–Trinajstić information content (AvgIpc) is 3.23. The average molecular weight is 424 g/mol. The lowest BCUT2D eigenvalue weighted by Crippen LogP contribution is -2.36. The van der Waals surface area contributed by atoms with Crippen molar-refractivity contribution in [1.82, 2.24) is 9.88 Å². The number of benzene rings is 2. The molecule has 2 saturated heterocycles. The highest BCUT2D eigenvalue weighted by atomic mass is 32.1. The second-order valence-electron chi connectivity index (χ2n) is 8.23. The van der Waals surface area contributed by atoms with E-state index in [2.05, 4.69) is 65.4 Å². The number of rotatable bonds is 5. The molecule has 5 nitrogen and oxygen atoms in total. The molecular formula is C24H29N3O2S. The molecule has 2 aliphatic heterocycles. The number of hydrogen-bond donors (Lipinski definition) is 0. The fraction of sp³-hybridized carbons (Fsp3) is 0.458. The molecule has 0 bridgehead atoms. The van der Waals surface area contributed by atoms with Gasteiger partial charge in [-0.25, -0.2) is 4.98 Å². The number of ether oxygens (including phenoxy) is 2. The van der Waals surface area contributed by atoms with Gasteiger partial charge in [0.1, 0.15) is 11.1 Å². The summed E-state index contributed by atoms with van der Waals surface area (Å²) in [7, 11) is 2.19. The molecule has 1 atom stereocenters. The summed E-state index contributed by atoms with van der Waals surface area (Å²) in [6.07, 6.45) is 2.28. The molecule has 6 heteroatoms. The molecule has 3 aromatic rings. The number of fused-ring (bicyclic) bond motifs is 1. The van der Waals surface area contributed by atoms with Gasteiger partial charge >= 0.3 is 0 Å². The Morgan fingerprint density at radius 2 is 1.83 bits per heavy atom. The van der Waals surface area contributed by atoms with Gasteiger partial charge in [-0.2, -0.15) is 0 Å². The topological polar surface area (TPSA) is 37.8 Å². The Hall–Kier alpha value is -1.99. The number of nitrogens with zero attached hydrogens (tertiary/aromatic N) is 3.